The monoisotopic (exact) mass is 285 g/mol. The molecule has 1 rings (SSSR count). The fourth-order valence-corrected chi connectivity index (χ4v) is 2.96. The molecule has 0 radical (unpaired) electrons. The van der Waals surface area contributed by atoms with Crippen molar-refractivity contribution >= 4 is 5.97 Å². The zero-order valence-corrected chi connectivity index (χ0v) is 13.3. The molecule has 1 aliphatic carbocycles. The van der Waals surface area contributed by atoms with Crippen molar-refractivity contribution in [2.45, 2.75) is 76.9 Å². The molecule has 0 aromatic carbocycles. The molecule has 0 amide bonds. The van der Waals surface area contributed by atoms with Crippen LogP contribution in [0, 0.1) is 5.92 Å². The minimum absolute atomic E-state index is 0.100. The van der Waals surface area contributed by atoms with Gasteiger partial charge in [0.05, 0.1) is 13.2 Å². The zero-order chi connectivity index (χ0) is 15.0. The van der Waals surface area contributed by atoms with Gasteiger partial charge in [-0.3, -0.25) is 4.79 Å². The molecule has 3 unspecified atom stereocenters. The number of carbonyl (C=O) groups excluding carboxylic acids is 1. The van der Waals surface area contributed by atoms with Gasteiger partial charge in [-0.25, -0.2) is 0 Å². The number of rotatable bonds is 8. The van der Waals surface area contributed by atoms with Gasteiger partial charge in [0, 0.05) is 13.0 Å². The fourth-order valence-electron chi connectivity index (χ4n) is 2.96. The van der Waals surface area contributed by atoms with Crippen LogP contribution in [0.4, 0.5) is 0 Å². The first-order valence-corrected chi connectivity index (χ1v) is 8.04. The molecule has 0 spiro atoms. The molecule has 0 heterocycles. The van der Waals surface area contributed by atoms with E-state index in [1.807, 2.05) is 0 Å². The van der Waals surface area contributed by atoms with Crippen LogP contribution >= 0.6 is 0 Å². The Kier molecular flexibility index (Phi) is 7.52. The maximum atomic E-state index is 11.8. The van der Waals surface area contributed by atoms with Gasteiger partial charge in [0.1, 0.15) is 5.54 Å². The van der Waals surface area contributed by atoms with E-state index in [9.17, 15) is 4.79 Å². The van der Waals surface area contributed by atoms with Gasteiger partial charge >= 0.3 is 5.97 Å². The van der Waals surface area contributed by atoms with E-state index in [0.717, 1.165) is 25.9 Å². The first-order valence-electron chi connectivity index (χ1n) is 8.04. The number of hydrogen-bond acceptors (Lipinski definition) is 4. The second-order valence-electron chi connectivity index (χ2n) is 6.12. The summed E-state index contributed by atoms with van der Waals surface area (Å²) >= 11 is 0. The number of methoxy groups -OCH3 is 1. The first-order chi connectivity index (χ1) is 9.55. The van der Waals surface area contributed by atoms with E-state index in [0.29, 0.717) is 18.8 Å². The molecule has 20 heavy (non-hydrogen) atoms. The lowest BCUT2D eigenvalue weighted by Crippen LogP contribution is -2.53. The van der Waals surface area contributed by atoms with Crippen LogP contribution in [0.3, 0.4) is 0 Å². The number of nitrogens with two attached hydrogens (primary N) is 1. The van der Waals surface area contributed by atoms with E-state index in [1.165, 1.54) is 26.4 Å². The quantitative estimate of drug-likeness (QED) is 0.696. The zero-order valence-electron chi connectivity index (χ0n) is 13.3. The van der Waals surface area contributed by atoms with Gasteiger partial charge in [0.25, 0.3) is 0 Å². The molecule has 0 bridgehead atoms. The van der Waals surface area contributed by atoms with Crippen molar-refractivity contribution in [3.05, 3.63) is 0 Å². The number of unbranched alkanes of at least 4 members (excludes halogenated alkanes) is 1. The van der Waals surface area contributed by atoms with E-state index < -0.39 is 5.54 Å². The number of carbonyl (C=O) groups is 1. The van der Waals surface area contributed by atoms with Gasteiger partial charge in [-0.1, -0.05) is 33.1 Å². The Bertz CT molecular complexity index is 295. The van der Waals surface area contributed by atoms with Gasteiger partial charge in [0.2, 0.25) is 0 Å². The molecule has 118 valence electrons. The van der Waals surface area contributed by atoms with Gasteiger partial charge in [-0.15, -0.1) is 0 Å². The third-order valence-corrected chi connectivity index (χ3v) is 4.44. The lowest BCUT2D eigenvalue weighted by atomic mass is 9.81. The van der Waals surface area contributed by atoms with Crippen molar-refractivity contribution in [3.8, 4) is 0 Å². The molecule has 4 nitrogen and oxygen atoms in total. The molecule has 1 saturated carbocycles. The summed E-state index contributed by atoms with van der Waals surface area (Å²) in [5.41, 5.74) is 5.32. The Morgan fingerprint density at radius 1 is 1.45 bits per heavy atom. The highest BCUT2D eigenvalue weighted by Gasteiger charge is 2.40. The Hall–Kier alpha value is -0.610. The second-order valence-corrected chi connectivity index (χ2v) is 6.12. The van der Waals surface area contributed by atoms with Crippen molar-refractivity contribution in [3.63, 3.8) is 0 Å². The Morgan fingerprint density at radius 2 is 2.20 bits per heavy atom. The summed E-state index contributed by atoms with van der Waals surface area (Å²) in [6.45, 7) is 5.22. The van der Waals surface area contributed by atoms with E-state index in [2.05, 4.69) is 13.8 Å². The van der Waals surface area contributed by atoms with Crippen molar-refractivity contribution in [1.29, 1.82) is 0 Å². The van der Waals surface area contributed by atoms with E-state index in [1.54, 1.807) is 0 Å². The summed E-state index contributed by atoms with van der Waals surface area (Å²) in [4.78, 5) is 11.8. The second kappa shape index (κ2) is 8.63. The topological polar surface area (TPSA) is 61.5 Å². The molecule has 1 fully saturated rings. The van der Waals surface area contributed by atoms with E-state index >= 15 is 0 Å². The van der Waals surface area contributed by atoms with Crippen LogP contribution in [0.15, 0.2) is 0 Å². The maximum Gasteiger partial charge on any atom is 0.325 e. The standard InChI is InChI=1S/C16H31NO3/c1-4-6-8-13(5-2)12-20-14-9-7-10-16(17,11-14)15(18)19-3/h13-14H,4-12,17H2,1-3H3. The smallest absolute Gasteiger partial charge is 0.325 e. The molecule has 0 saturated heterocycles. The summed E-state index contributed by atoms with van der Waals surface area (Å²) in [6.07, 6.45) is 8.19. The van der Waals surface area contributed by atoms with Gasteiger partial charge in [-0.05, 0) is 31.6 Å². The summed E-state index contributed by atoms with van der Waals surface area (Å²) in [7, 11) is 1.40. The number of ether oxygens (including phenoxy) is 2. The molecule has 0 aromatic heterocycles. The average Bonchev–Trinajstić information content (AvgIpc) is 2.46. The summed E-state index contributed by atoms with van der Waals surface area (Å²) in [5, 5.41) is 0. The lowest BCUT2D eigenvalue weighted by Gasteiger charge is -2.35. The normalized spacial score (nSPS) is 28.1. The van der Waals surface area contributed by atoms with E-state index in [4.69, 9.17) is 15.2 Å². The Balaban J connectivity index is 2.41. The van der Waals surface area contributed by atoms with Crippen LogP contribution in [0.5, 0.6) is 0 Å². The maximum absolute atomic E-state index is 11.8. The molecule has 3 atom stereocenters. The van der Waals surface area contributed by atoms with Gasteiger partial charge < -0.3 is 15.2 Å². The van der Waals surface area contributed by atoms with Crippen molar-refractivity contribution in [1.82, 2.24) is 0 Å². The Morgan fingerprint density at radius 3 is 2.80 bits per heavy atom. The largest absolute Gasteiger partial charge is 0.468 e. The highest BCUT2D eigenvalue weighted by molar-refractivity contribution is 5.80. The van der Waals surface area contributed by atoms with Gasteiger partial charge in [-0.2, -0.15) is 0 Å². The molecule has 4 heteroatoms. The fraction of sp³-hybridized carbons (Fsp3) is 0.938. The molecule has 1 aliphatic rings. The highest BCUT2D eigenvalue weighted by atomic mass is 16.5. The van der Waals surface area contributed by atoms with Crippen molar-refractivity contribution in [2.75, 3.05) is 13.7 Å². The van der Waals surface area contributed by atoms with Crippen LogP contribution in [0.2, 0.25) is 0 Å². The Labute approximate surface area is 123 Å². The van der Waals surface area contributed by atoms with Crippen LogP contribution in [-0.2, 0) is 14.3 Å². The summed E-state index contributed by atoms with van der Waals surface area (Å²) in [5.74, 6) is 0.325. The molecular formula is C16H31NO3. The van der Waals surface area contributed by atoms with E-state index in [-0.39, 0.29) is 12.1 Å². The summed E-state index contributed by atoms with van der Waals surface area (Å²) in [6, 6.07) is 0. The minimum atomic E-state index is -0.844. The van der Waals surface area contributed by atoms with Crippen LogP contribution in [0.25, 0.3) is 0 Å². The van der Waals surface area contributed by atoms with Crippen LogP contribution in [0.1, 0.15) is 65.2 Å². The van der Waals surface area contributed by atoms with Gasteiger partial charge in [0.15, 0.2) is 0 Å². The summed E-state index contributed by atoms with van der Waals surface area (Å²) < 4.78 is 10.9. The molecular weight excluding hydrogens is 254 g/mol. The van der Waals surface area contributed by atoms with Crippen molar-refractivity contribution in [2.24, 2.45) is 11.7 Å². The number of esters is 1. The first kappa shape index (κ1) is 17.4. The van der Waals surface area contributed by atoms with Crippen LogP contribution in [-0.4, -0.2) is 31.3 Å². The minimum Gasteiger partial charge on any atom is -0.468 e. The predicted molar refractivity (Wildman–Crippen MR) is 80.4 cm³/mol. The third kappa shape index (κ3) is 5.06. The molecule has 0 aliphatic heterocycles. The predicted octanol–water partition coefficient (Wildman–Crippen LogP) is 3.03. The SMILES string of the molecule is CCCCC(CC)COC1CCCC(N)(C(=O)OC)C1. The van der Waals surface area contributed by atoms with Crippen molar-refractivity contribution < 1.29 is 14.3 Å². The average molecular weight is 285 g/mol. The number of hydrogen-bond donors (Lipinski definition) is 1. The van der Waals surface area contributed by atoms with Crippen LogP contribution < -0.4 is 5.73 Å². The highest BCUT2D eigenvalue weighted by Crippen LogP contribution is 2.30. The third-order valence-electron chi connectivity index (χ3n) is 4.44. The molecule has 0 aromatic rings. The lowest BCUT2D eigenvalue weighted by molar-refractivity contribution is -0.151. The molecule has 2 N–H and O–H groups in total.